The van der Waals surface area contributed by atoms with Gasteiger partial charge in [-0.15, -0.1) is 0 Å². The van der Waals surface area contributed by atoms with Crippen molar-refractivity contribution in [3.8, 4) is 0 Å². The van der Waals surface area contributed by atoms with Crippen molar-refractivity contribution in [3.63, 3.8) is 0 Å². The first-order valence-corrected chi connectivity index (χ1v) is 6.97. The van der Waals surface area contributed by atoms with Crippen molar-refractivity contribution < 1.29 is 4.79 Å². The molecule has 0 bridgehead atoms. The van der Waals surface area contributed by atoms with Gasteiger partial charge in [-0.2, -0.15) is 0 Å². The molecule has 0 radical (unpaired) electrons. The molecule has 1 aromatic rings. The van der Waals surface area contributed by atoms with Crippen LogP contribution in [0.2, 0.25) is 10.0 Å². The number of urea groups is 1. The second-order valence-corrected chi connectivity index (χ2v) is 5.69. The molecule has 1 aromatic carbocycles. The van der Waals surface area contributed by atoms with Crippen LogP contribution in [0.25, 0.3) is 0 Å². The molecule has 1 fully saturated rings. The molecule has 1 atom stereocenters. The second kappa shape index (κ2) is 5.94. The van der Waals surface area contributed by atoms with Crippen LogP contribution < -0.4 is 11.1 Å². The zero-order chi connectivity index (χ0) is 14.0. The van der Waals surface area contributed by atoms with Crippen LogP contribution in [0.4, 0.5) is 10.5 Å². The Labute approximate surface area is 126 Å². The number of nitrogens with one attached hydrogen (secondary N) is 1. The van der Waals surface area contributed by atoms with Crippen molar-refractivity contribution >= 4 is 52.1 Å². The first kappa shape index (κ1) is 14.4. The Morgan fingerprint density at radius 2 is 2.00 bits per heavy atom. The summed E-state index contributed by atoms with van der Waals surface area (Å²) >= 11 is 16.7. The molecule has 2 amide bonds. The largest absolute Gasteiger partial charge is 0.392 e. The monoisotopic (exact) mass is 317 g/mol. The molecular formula is C12H13Cl2N3OS. The Morgan fingerprint density at radius 3 is 2.58 bits per heavy atom. The van der Waals surface area contributed by atoms with Crippen LogP contribution in [0, 0.1) is 0 Å². The first-order chi connectivity index (χ1) is 8.97. The summed E-state index contributed by atoms with van der Waals surface area (Å²) in [5, 5.41) is 3.69. The third kappa shape index (κ3) is 3.49. The van der Waals surface area contributed by atoms with Crippen molar-refractivity contribution in [1.82, 2.24) is 4.90 Å². The topological polar surface area (TPSA) is 58.4 Å². The van der Waals surface area contributed by atoms with Crippen LogP contribution in [0.15, 0.2) is 18.2 Å². The number of rotatable bonds is 2. The fraction of sp³-hybridized carbons (Fsp3) is 0.333. The Kier molecular flexibility index (Phi) is 4.50. The van der Waals surface area contributed by atoms with E-state index in [1.807, 2.05) is 0 Å². The number of hydrogen-bond acceptors (Lipinski definition) is 2. The fourth-order valence-corrected chi connectivity index (χ4v) is 2.90. The number of halogens is 2. The maximum absolute atomic E-state index is 12.2. The number of thiocarbonyl (C=S) groups is 1. The molecule has 0 saturated carbocycles. The normalized spacial score (nSPS) is 18.4. The lowest BCUT2D eigenvalue weighted by molar-refractivity contribution is 0.217. The summed E-state index contributed by atoms with van der Waals surface area (Å²) in [6.45, 7) is 0.641. The van der Waals surface area contributed by atoms with E-state index < -0.39 is 0 Å². The molecular weight excluding hydrogens is 305 g/mol. The molecule has 0 aliphatic carbocycles. The second-order valence-electron chi connectivity index (χ2n) is 4.34. The quantitative estimate of drug-likeness (QED) is 0.823. The van der Waals surface area contributed by atoms with E-state index >= 15 is 0 Å². The van der Waals surface area contributed by atoms with Crippen LogP contribution >= 0.6 is 35.4 Å². The van der Waals surface area contributed by atoms with Crippen LogP contribution in [-0.2, 0) is 0 Å². The van der Waals surface area contributed by atoms with Crippen LogP contribution in [0.3, 0.4) is 0 Å². The molecule has 0 spiro atoms. The Hall–Kier alpha value is -1.04. The number of carbonyl (C=O) groups is 1. The third-order valence-electron chi connectivity index (χ3n) is 2.96. The highest BCUT2D eigenvalue weighted by atomic mass is 35.5. The zero-order valence-electron chi connectivity index (χ0n) is 10.0. The highest BCUT2D eigenvalue weighted by Crippen LogP contribution is 2.24. The molecule has 3 N–H and O–H groups in total. The lowest BCUT2D eigenvalue weighted by Gasteiger charge is -2.24. The lowest BCUT2D eigenvalue weighted by atomic mass is 10.2. The van der Waals surface area contributed by atoms with Crippen LogP contribution in [0.1, 0.15) is 12.8 Å². The van der Waals surface area contributed by atoms with Gasteiger partial charge in [-0.3, -0.25) is 0 Å². The van der Waals surface area contributed by atoms with E-state index in [0.29, 0.717) is 27.3 Å². The Balaban J connectivity index is 2.10. The molecule has 1 saturated heterocycles. The van der Waals surface area contributed by atoms with Gasteiger partial charge in [-0.1, -0.05) is 35.4 Å². The van der Waals surface area contributed by atoms with Gasteiger partial charge in [-0.25, -0.2) is 4.79 Å². The number of nitrogens with zero attached hydrogens (tertiary/aromatic N) is 1. The highest BCUT2D eigenvalue weighted by Gasteiger charge is 2.30. The van der Waals surface area contributed by atoms with Gasteiger partial charge in [0.2, 0.25) is 0 Å². The number of amides is 2. The van der Waals surface area contributed by atoms with Gasteiger partial charge >= 0.3 is 6.03 Å². The van der Waals surface area contributed by atoms with Crippen LogP contribution in [-0.4, -0.2) is 28.5 Å². The van der Waals surface area contributed by atoms with Gasteiger partial charge in [0.05, 0.1) is 11.0 Å². The number of benzene rings is 1. The van der Waals surface area contributed by atoms with E-state index in [2.05, 4.69) is 5.32 Å². The molecule has 4 nitrogen and oxygen atoms in total. The van der Waals surface area contributed by atoms with E-state index in [0.717, 1.165) is 12.8 Å². The molecule has 102 valence electrons. The van der Waals surface area contributed by atoms with Gasteiger partial charge in [-0.05, 0) is 31.0 Å². The van der Waals surface area contributed by atoms with Gasteiger partial charge < -0.3 is 16.0 Å². The van der Waals surface area contributed by atoms with Gasteiger partial charge in [0.1, 0.15) is 0 Å². The molecule has 19 heavy (non-hydrogen) atoms. The smallest absolute Gasteiger partial charge is 0.322 e. The van der Waals surface area contributed by atoms with E-state index in [4.69, 9.17) is 41.2 Å². The van der Waals surface area contributed by atoms with Crippen molar-refractivity contribution in [1.29, 1.82) is 0 Å². The lowest BCUT2D eigenvalue weighted by Crippen LogP contribution is -2.44. The standard InChI is InChI=1S/C12H13Cl2N3OS/c13-7-4-8(14)6-9(5-7)16-12(18)17-3-1-2-10(17)11(15)19/h4-6,10H,1-3H2,(H2,15,19)(H,16,18). The third-order valence-corrected chi connectivity index (χ3v) is 3.66. The molecule has 2 rings (SSSR count). The Morgan fingerprint density at radius 1 is 1.37 bits per heavy atom. The summed E-state index contributed by atoms with van der Waals surface area (Å²) in [6, 6.07) is 4.46. The minimum absolute atomic E-state index is 0.176. The predicted octanol–water partition coefficient (Wildman–Crippen LogP) is 3.28. The van der Waals surface area contributed by atoms with Gasteiger partial charge in [0, 0.05) is 22.3 Å². The van der Waals surface area contributed by atoms with E-state index in [1.165, 1.54) is 0 Å². The molecule has 1 heterocycles. The summed E-state index contributed by atoms with van der Waals surface area (Å²) in [6.07, 6.45) is 1.70. The summed E-state index contributed by atoms with van der Waals surface area (Å²) in [5.74, 6) is 0. The number of nitrogens with two attached hydrogens (primary N) is 1. The fourth-order valence-electron chi connectivity index (χ4n) is 2.13. The maximum Gasteiger partial charge on any atom is 0.322 e. The summed E-state index contributed by atoms with van der Waals surface area (Å²) in [7, 11) is 0. The Bertz CT molecular complexity index is 503. The van der Waals surface area contributed by atoms with Crippen molar-refractivity contribution in [2.24, 2.45) is 5.73 Å². The summed E-state index contributed by atoms with van der Waals surface area (Å²) in [4.78, 5) is 14.1. The van der Waals surface area contributed by atoms with Gasteiger partial charge in [0.15, 0.2) is 0 Å². The number of hydrogen-bond donors (Lipinski definition) is 2. The van der Waals surface area contributed by atoms with E-state index in [-0.39, 0.29) is 12.1 Å². The average molecular weight is 318 g/mol. The SMILES string of the molecule is NC(=S)C1CCCN1C(=O)Nc1cc(Cl)cc(Cl)c1. The first-order valence-electron chi connectivity index (χ1n) is 5.80. The molecule has 1 unspecified atom stereocenters. The van der Waals surface area contributed by atoms with Gasteiger partial charge in [0.25, 0.3) is 0 Å². The summed E-state index contributed by atoms with van der Waals surface area (Å²) in [5.41, 5.74) is 6.19. The molecule has 0 aromatic heterocycles. The number of anilines is 1. The molecule has 1 aliphatic rings. The summed E-state index contributed by atoms with van der Waals surface area (Å²) < 4.78 is 0. The molecule has 7 heteroatoms. The van der Waals surface area contributed by atoms with Crippen molar-refractivity contribution in [2.75, 3.05) is 11.9 Å². The average Bonchev–Trinajstić information content (AvgIpc) is 2.75. The maximum atomic E-state index is 12.2. The molecule has 1 aliphatic heterocycles. The number of likely N-dealkylation sites (tertiary alicyclic amines) is 1. The zero-order valence-corrected chi connectivity index (χ0v) is 12.4. The number of carbonyl (C=O) groups excluding carboxylic acids is 1. The van der Waals surface area contributed by atoms with Crippen molar-refractivity contribution in [3.05, 3.63) is 28.2 Å². The highest BCUT2D eigenvalue weighted by molar-refractivity contribution is 7.80. The van der Waals surface area contributed by atoms with Crippen LogP contribution in [0.5, 0.6) is 0 Å². The van der Waals surface area contributed by atoms with Crippen molar-refractivity contribution in [2.45, 2.75) is 18.9 Å². The predicted molar refractivity (Wildman–Crippen MR) is 82.0 cm³/mol. The minimum atomic E-state index is -0.242. The van der Waals surface area contributed by atoms with E-state index in [1.54, 1.807) is 23.1 Å². The minimum Gasteiger partial charge on any atom is -0.392 e. The van der Waals surface area contributed by atoms with E-state index in [9.17, 15) is 4.79 Å².